The maximum Gasteiger partial charge on any atom is 0.238 e. The van der Waals surface area contributed by atoms with Gasteiger partial charge in [0.25, 0.3) is 0 Å². The van der Waals surface area contributed by atoms with Crippen molar-refractivity contribution in [2.45, 2.75) is 20.9 Å². The van der Waals surface area contributed by atoms with E-state index < -0.39 is 5.25 Å². The van der Waals surface area contributed by atoms with E-state index in [1.807, 2.05) is 48.7 Å². The first-order valence-electron chi connectivity index (χ1n) is 7.93. The number of carbonyl (C=O) groups excluding carboxylic acids is 2. The van der Waals surface area contributed by atoms with Gasteiger partial charge < -0.3 is 10.6 Å². The number of aromatic nitrogens is 1. The summed E-state index contributed by atoms with van der Waals surface area (Å²) in [5, 5.41) is 5.33. The summed E-state index contributed by atoms with van der Waals surface area (Å²) in [5.74, 6) is -0.308. The zero-order valence-corrected chi connectivity index (χ0v) is 16.3. The van der Waals surface area contributed by atoms with Gasteiger partial charge in [0.05, 0.1) is 21.2 Å². The van der Waals surface area contributed by atoms with Gasteiger partial charge in [-0.3, -0.25) is 9.59 Å². The van der Waals surface area contributed by atoms with Gasteiger partial charge in [0.15, 0.2) is 4.34 Å². The van der Waals surface area contributed by atoms with E-state index >= 15 is 0 Å². The number of hydrogen-bond acceptors (Lipinski definition) is 6. The third-order valence-electron chi connectivity index (χ3n) is 3.90. The summed E-state index contributed by atoms with van der Waals surface area (Å²) < 4.78 is 2.03. The molecule has 8 heteroatoms. The van der Waals surface area contributed by atoms with Gasteiger partial charge in [-0.1, -0.05) is 23.9 Å². The summed E-state index contributed by atoms with van der Waals surface area (Å²) in [4.78, 5) is 30.1. The van der Waals surface area contributed by atoms with Gasteiger partial charge in [0.2, 0.25) is 11.8 Å². The Morgan fingerprint density at radius 1 is 1.31 bits per heavy atom. The van der Waals surface area contributed by atoms with E-state index in [1.165, 1.54) is 11.8 Å². The molecule has 1 aliphatic rings. The molecule has 0 spiro atoms. The van der Waals surface area contributed by atoms with Crippen molar-refractivity contribution in [3.8, 4) is 0 Å². The fraction of sp³-hybridized carbons (Fsp3) is 0.167. The van der Waals surface area contributed by atoms with Crippen LogP contribution in [0.1, 0.15) is 6.42 Å². The lowest BCUT2D eigenvalue weighted by Gasteiger charge is -2.23. The summed E-state index contributed by atoms with van der Waals surface area (Å²) >= 11 is 4.63. The van der Waals surface area contributed by atoms with E-state index in [1.54, 1.807) is 23.1 Å². The van der Waals surface area contributed by atoms with Gasteiger partial charge in [-0.05, 0) is 36.6 Å². The predicted molar refractivity (Wildman–Crippen MR) is 109 cm³/mol. The Kier molecular flexibility index (Phi) is 4.88. The van der Waals surface area contributed by atoms with E-state index in [0.29, 0.717) is 0 Å². The molecule has 0 saturated heterocycles. The first kappa shape index (κ1) is 17.4. The molecule has 0 radical (unpaired) electrons. The number of carbonyl (C=O) groups is 2. The number of para-hydroxylation sites is 1. The second-order valence-electron chi connectivity index (χ2n) is 5.71. The van der Waals surface area contributed by atoms with Crippen molar-refractivity contribution < 1.29 is 9.59 Å². The van der Waals surface area contributed by atoms with Crippen molar-refractivity contribution in [2.24, 2.45) is 0 Å². The smallest absolute Gasteiger partial charge is 0.238 e. The van der Waals surface area contributed by atoms with Crippen LogP contribution in [0.15, 0.2) is 51.7 Å². The zero-order chi connectivity index (χ0) is 18.1. The Balaban J connectivity index is 1.45. The number of amides is 2. The normalized spacial score (nSPS) is 16.2. The average Bonchev–Trinajstić information content (AvgIpc) is 3.05. The van der Waals surface area contributed by atoms with E-state index in [2.05, 4.69) is 15.6 Å². The van der Waals surface area contributed by atoms with E-state index in [-0.39, 0.29) is 18.2 Å². The highest BCUT2D eigenvalue weighted by molar-refractivity contribution is 8.01. The third-order valence-corrected chi connectivity index (χ3v) is 7.18. The second-order valence-corrected chi connectivity index (χ2v) is 9.04. The van der Waals surface area contributed by atoms with Gasteiger partial charge in [-0.25, -0.2) is 4.98 Å². The first-order chi connectivity index (χ1) is 12.6. The lowest BCUT2D eigenvalue weighted by Crippen LogP contribution is -2.32. The highest BCUT2D eigenvalue weighted by atomic mass is 32.2. The number of fused-ring (bicyclic) bond motifs is 2. The number of anilines is 2. The quantitative estimate of drug-likeness (QED) is 0.632. The van der Waals surface area contributed by atoms with Gasteiger partial charge in [-0.15, -0.1) is 23.1 Å². The van der Waals surface area contributed by atoms with Gasteiger partial charge in [-0.2, -0.15) is 0 Å². The van der Waals surface area contributed by atoms with Gasteiger partial charge in [0.1, 0.15) is 0 Å². The first-order valence-corrected chi connectivity index (χ1v) is 10.9. The number of hydrogen-bond donors (Lipinski definition) is 2. The van der Waals surface area contributed by atoms with Crippen molar-refractivity contribution in [3.63, 3.8) is 0 Å². The number of thioether (sulfide) groups is 2. The summed E-state index contributed by atoms with van der Waals surface area (Å²) in [6.45, 7) is 0. The molecular formula is C18H15N3O2S3. The minimum absolute atomic E-state index is 0.127. The van der Waals surface area contributed by atoms with Gasteiger partial charge in [0, 0.05) is 17.0 Å². The predicted octanol–water partition coefficient (Wildman–Crippen LogP) is 4.46. The van der Waals surface area contributed by atoms with E-state index in [4.69, 9.17) is 0 Å². The molecule has 1 aliphatic heterocycles. The average molecular weight is 402 g/mol. The number of thiazole rings is 1. The van der Waals surface area contributed by atoms with Crippen LogP contribution in [0, 0.1) is 0 Å². The summed E-state index contributed by atoms with van der Waals surface area (Å²) in [5.41, 5.74) is 2.45. The molecular weight excluding hydrogens is 386 g/mol. The third kappa shape index (κ3) is 3.58. The lowest BCUT2D eigenvalue weighted by atomic mass is 10.2. The number of nitrogens with one attached hydrogen (secondary N) is 2. The fourth-order valence-corrected chi connectivity index (χ4v) is 5.31. The molecule has 2 aromatic carbocycles. The van der Waals surface area contributed by atoms with Crippen molar-refractivity contribution in [1.82, 2.24) is 4.98 Å². The SMILES string of the molecule is CSc1nc2ccc(NC(=O)C[C@@H]3Sc4ccccc4NC3=O)cc2s1. The molecule has 2 amide bonds. The van der Waals surface area contributed by atoms with Crippen LogP contribution in [0.3, 0.4) is 0 Å². The Morgan fingerprint density at radius 3 is 3.00 bits per heavy atom. The van der Waals surface area contributed by atoms with E-state index in [9.17, 15) is 9.59 Å². The zero-order valence-electron chi connectivity index (χ0n) is 13.8. The Morgan fingerprint density at radius 2 is 2.15 bits per heavy atom. The Hall–Kier alpha value is -2.03. The summed E-state index contributed by atoms with van der Waals surface area (Å²) in [7, 11) is 0. The maximum atomic E-state index is 12.4. The van der Waals surface area contributed by atoms with Crippen LogP contribution in [-0.2, 0) is 9.59 Å². The minimum Gasteiger partial charge on any atom is -0.326 e. The fourth-order valence-electron chi connectivity index (χ4n) is 2.68. The van der Waals surface area contributed by atoms with Crippen LogP contribution in [0.4, 0.5) is 11.4 Å². The molecule has 4 rings (SSSR count). The van der Waals surface area contributed by atoms with Crippen LogP contribution in [0.25, 0.3) is 10.2 Å². The van der Waals surface area contributed by atoms with Crippen LogP contribution >= 0.6 is 34.9 Å². The van der Waals surface area contributed by atoms with Crippen LogP contribution in [0.5, 0.6) is 0 Å². The molecule has 0 aliphatic carbocycles. The highest BCUT2D eigenvalue weighted by Crippen LogP contribution is 2.37. The molecule has 0 saturated carbocycles. The molecule has 1 aromatic heterocycles. The number of benzene rings is 2. The minimum atomic E-state index is -0.430. The van der Waals surface area contributed by atoms with Crippen LogP contribution in [0.2, 0.25) is 0 Å². The molecule has 132 valence electrons. The molecule has 3 aromatic rings. The molecule has 2 N–H and O–H groups in total. The lowest BCUT2D eigenvalue weighted by molar-refractivity contribution is -0.120. The topological polar surface area (TPSA) is 71.1 Å². The standard InChI is InChI=1S/C18H15N3O2S3/c1-24-18-21-12-7-6-10(8-14(12)26-18)19-16(22)9-15-17(23)20-11-4-2-3-5-13(11)25-15/h2-8,15H,9H2,1H3,(H,19,22)(H,20,23)/t15-/m0/s1. The monoisotopic (exact) mass is 401 g/mol. The summed E-state index contributed by atoms with van der Waals surface area (Å²) in [6, 6.07) is 13.3. The summed E-state index contributed by atoms with van der Waals surface area (Å²) in [6.07, 6.45) is 2.12. The largest absolute Gasteiger partial charge is 0.326 e. The van der Waals surface area contributed by atoms with Crippen molar-refractivity contribution in [3.05, 3.63) is 42.5 Å². The molecule has 5 nitrogen and oxygen atoms in total. The molecule has 0 bridgehead atoms. The van der Waals surface area contributed by atoms with Crippen molar-refractivity contribution in [2.75, 3.05) is 16.9 Å². The molecule has 2 heterocycles. The molecule has 0 fully saturated rings. The highest BCUT2D eigenvalue weighted by Gasteiger charge is 2.28. The Labute approximate surface area is 163 Å². The number of nitrogens with zero attached hydrogens (tertiary/aromatic N) is 1. The maximum absolute atomic E-state index is 12.4. The Bertz CT molecular complexity index is 1000. The molecule has 0 unspecified atom stereocenters. The van der Waals surface area contributed by atoms with Gasteiger partial charge >= 0.3 is 0 Å². The van der Waals surface area contributed by atoms with E-state index in [0.717, 1.165) is 30.8 Å². The van der Waals surface area contributed by atoms with Crippen LogP contribution in [-0.4, -0.2) is 28.3 Å². The second kappa shape index (κ2) is 7.30. The number of rotatable bonds is 4. The van der Waals surface area contributed by atoms with Crippen molar-refractivity contribution in [1.29, 1.82) is 0 Å². The van der Waals surface area contributed by atoms with Crippen molar-refractivity contribution >= 4 is 68.3 Å². The molecule has 26 heavy (non-hydrogen) atoms. The van der Waals surface area contributed by atoms with Crippen LogP contribution < -0.4 is 10.6 Å². The molecule has 1 atom stereocenters.